The van der Waals surface area contributed by atoms with Gasteiger partial charge < -0.3 is 10.6 Å². The zero-order chi connectivity index (χ0) is 24.6. The lowest BCUT2D eigenvalue weighted by molar-refractivity contribution is 0.0951. The van der Waals surface area contributed by atoms with Crippen LogP contribution in [0.4, 0.5) is 5.69 Å². The monoisotopic (exact) mass is 475 g/mol. The molecule has 0 spiro atoms. The number of nitrogens with zero attached hydrogens (tertiary/aromatic N) is 3. The van der Waals surface area contributed by atoms with E-state index in [1.165, 1.54) is 5.39 Å². The van der Waals surface area contributed by atoms with Gasteiger partial charge in [0.2, 0.25) is 0 Å². The quantitative estimate of drug-likeness (QED) is 0.295. The van der Waals surface area contributed by atoms with Crippen LogP contribution < -0.4 is 10.6 Å². The maximum Gasteiger partial charge on any atom is 0.251 e. The van der Waals surface area contributed by atoms with Gasteiger partial charge in [-0.15, -0.1) is 0 Å². The predicted molar refractivity (Wildman–Crippen MR) is 145 cm³/mol. The number of hydrogen-bond donors (Lipinski definition) is 2. The molecule has 1 amide bonds. The highest BCUT2D eigenvalue weighted by Gasteiger charge is 2.24. The first-order chi connectivity index (χ1) is 17.6. The van der Waals surface area contributed by atoms with E-state index in [0.717, 1.165) is 58.6 Å². The molecular formula is C30H29N5O. The normalized spacial score (nSPS) is 13.4. The van der Waals surface area contributed by atoms with E-state index in [-0.39, 0.29) is 5.91 Å². The van der Waals surface area contributed by atoms with Crippen molar-refractivity contribution in [3.05, 3.63) is 84.6 Å². The van der Waals surface area contributed by atoms with E-state index in [4.69, 9.17) is 10.1 Å². The first-order valence-corrected chi connectivity index (χ1v) is 12.6. The van der Waals surface area contributed by atoms with Crippen LogP contribution >= 0.6 is 0 Å². The van der Waals surface area contributed by atoms with Crippen molar-refractivity contribution in [2.24, 2.45) is 5.92 Å². The molecule has 6 rings (SSSR count). The number of hydrogen-bond acceptors (Lipinski definition) is 4. The molecule has 0 aliphatic heterocycles. The molecule has 5 aromatic rings. The lowest BCUT2D eigenvalue weighted by atomic mass is 10.0. The number of fused-ring (bicyclic) bond motifs is 2. The second-order valence-corrected chi connectivity index (χ2v) is 9.95. The molecule has 6 heteroatoms. The van der Waals surface area contributed by atoms with Crippen molar-refractivity contribution in [1.29, 1.82) is 0 Å². The van der Waals surface area contributed by atoms with E-state index in [0.29, 0.717) is 17.5 Å². The zero-order valence-electron chi connectivity index (χ0n) is 20.5. The fraction of sp³-hybridized carbons (Fsp3) is 0.233. The minimum Gasteiger partial charge on any atom is -0.382 e. The van der Waals surface area contributed by atoms with E-state index in [1.54, 1.807) is 0 Å². The van der Waals surface area contributed by atoms with Gasteiger partial charge in [-0.1, -0.05) is 68.4 Å². The van der Waals surface area contributed by atoms with Crippen molar-refractivity contribution in [3.63, 3.8) is 0 Å². The number of carbonyl (C=O) groups is 1. The minimum atomic E-state index is -0.0151. The van der Waals surface area contributed by atoms with Crippen LogP contribution in [-0.2, 0) is 0 Å². The number of aromatic nitrogens is 3. The molecule has 3 aromatic carbocycles. The molecule has 1 aliphatic rings. The third kappa shape index (κ3) is 4.31. The number of amides is 1. The summed E-state index contributed by atoms with van der Waals surface area (Å²) in [6.45, 7) is 5.21. The van der Waals surface area contributed by atoms with Gasteiger partial charge in [0.05, 0.1) is 23.3 Å². The molecule has 1 fully saturated rings. The molecule has 0 saturated heterocycles. The van der Waals surface area contributed by atoms with Crippen LogP contribution in [0.25, 0.3) is 38.9 Å². The first-order valence-electron chi connectivity index (χ1n) is 12.6. The van der Waals surface area contributed by atoms with Crippen molar-refractivity contribution in [1.82, 2.24) is 19.9 Å². The summed E-state index contributed by atoms with van der Waals surface area (Å²) in [6.07, 6.45) is 4.00. The number of rotatable bonds is 7. The summed E-state index contributed by atoms with van der Waals surface area (Å²) < 4.78 is 1.92. The minimum absolute atomic E-state index is 0.0151. The summed E-state index contributed by atoms with van der Waals surface area (Å²) in [4.78, 5) is 17.2. The molecule has 1 aliphatic carbocycles. The average molecular weight is 476 g/mol. The highest BCUT2D eigenvalue weighted by Crippen LogP contribution is 2.32. The molecule has 0 unspecified atom stereocenters. The smallest absolute Gasteiger partial charge is 0.251 e. The number of anilines is 1. The van der Waals surface area contributed by atoms with Crippen molar-refractivity contribution in [2.45, 2.75) is 32.7 Å². The van der Waals surface area contributed by atoms with Crippen molar-refractivity contribution >= 4 is 28.0 Å². The van der Waals surface area contributed by atoms with Crippen molar-refractivity contribution in [3.8, 4) is 22.5 Å². The Kier molecular flexibility index (Phi) is 5.64. The first kappa shape index (κ1) is 22.3. The molecule has 0 bridgehead atoms. The fourth-order valence-electron chi connectivity index (χ4n) is 4.48. The summed E-state index contributed by atoms with van der Waals surface area (Å²) in [5.41, 5.74) is 6.21. The molecule has 2 aromatic heterocycles. The molecule has 36 heavy (non-hydrogen) atoms. The zero-order valence-corrected chi connectivity index (χ0v) is 20.5. The highest BCUT2D eigenvalue weighted by molar-refractivity contribution is 5.97. The second-order valence-electron chi connectivity index (χ2n) is 9.95. The summed E-state index contributed by atoms with van der Waals surface area (Å²) in [5.74, 6) is 0.474. The van der Waals surface area contributed by atoms with Gasteiger partial charge in [0.1, 0.15) is 0 Å². The van der Waals surface area contributed by atoms with Gasteiger partial charge in [0, 0.05) is 29.3 Å². The third-order valence-electron chi connectivity index (χ3n) is 6.59. The van der Waals surface area contributed by atoms with Crippen LogP contribution in [0, 0.1) is 5.92 Å². The Balaban J connectivity index is 1.45. The molecular weight excluding hydrogens is 446 g/mol. The Labute approximate surface area is 210 Å². The second kappa shape index (κ2) is 9.11. The Morgan fingerprint density at radius 2 is 1.81 bits per heavy atom. The fourth-order valence-corrected chi connectivity index (χ4v) is 4.48. The van der Waals surface area contributed by atoms with Gasteiger partial charge in [0.15, 0.2) is 5.65 Å². The molecule has 0 radical (unpaired) electrons. The van der Waals surface area contributed by atoms with Crippen LogP contribution in [0.1, 0.15) is 37.0 Å². The number of benzene rings is 3. The summed E-state index contributed by atoms with van der Waals surface area (Å²) in [6, 6.07) is 24.8. The molecule has 0 atom stereocenters. The Bertz CT molecular complexity index is 1560. The van der Waals surface area contributed by atoms with Gasteiger partial charge >= 0.3 is 0 Å². The maximum atomic E-state index is 12.4. The standard InChI is InChI=1S/C30H29N5O/c1-19(2)17-31-27-16-26(25-9-5-7-20-6-3-4-8-24(20)25)34-35-28(18-32-29(27)35)21-10-12-22(13-11-21)30(36)33-23-14-15-23/h3-13,16,18-19,23,31H,14-15,17H2,1-2H3,(H,33,36). The summed E-state index contributed by atoms with van der Waals surface area (Å²) in [5, 5.41) is 14.0. The Hall–Kier alpha value is -4.19. The Morgan fingerprint density at radius 1 is 1.03 bits per heavy atom. The largest absolute Gasteiger partial charge is 0.382 e. The average Bonchev–Trinajstić information content (AvgIpc) is 3.61. The maximum absolute atomic E-state index is 12.4. The van der Waals surface area contributed by atoms with Gasteiger partial charge in [-0.2, -0.15) is 5.10 Å². The summed E-state index contributed by atoms with van der Waals surface area (Å²) in [7, 11) is 0. The van der Waals surface area contributed by atoms with Crippen LogP contribution in [0.15, 0.2) is 79.0 Å². The number of nitrogens with one attached hydrogen (secondary N) is 2. The predicted octanol–water partition coefficient (Wildman–Crippen LogP) is 6.18. The van der Waals surface area contributed by atoms with Gasteiger partial charge in [-0.3, -0.25) is 4.79 Å². The van der Waals surface area contributed by atoms with Crippen LogP contribution in [0.2, 0.25) is 0 Å². The van der Waals surface area contributed by atoms with Gasteiger partial charge in [-0.05, 0) is 47.7 Å². The van der Waals surface area contributed by atoms with Crippen molar-refractivity contribution < 1.29 is 4.79 Å². The summed E-state index contributed by atoms with van der Waals surface area (Å²) >= 11 is 0. The third-order valence-corrected chi connectivity index (χ3v) is 6.59. The van der Waals surface area contributed by atoms with Crippen LogP contribution in [0.3, 0.4) is 0 Å². The van der Waals surface area contributed by atoms with E-state index in [2.05, 4.69) is 73.0 Å². The number of carbonyl (C=O) groups excluding carboxylic acids is 1. The molecule has 2 heterocycles. The van der Waals surface area contributed by atoms with Crippen LogP contribution in [-0.4, -0.2) is 33.1 Å². The Morgan fingerprint density at radius 3 is 2.58 bits per heavy atom. The molecule has 1 saturated carbocycles. The number of imidazole rings is 1. The van der Waals surface area contributed by atoms with Gasteiger partial charge in [-0.25, -0.2) is 9.50 Å². The lowest BCUT2D eigenvalue weighted by Gasteiger charge is -2.14. The van der Waals surface area contributed by atoms with Crippen molar-refractivity contribution in [2.75, 3.05) is 11.9 Å². The lowest BCUT2D eigenvalue weighted by Crippen LogP contribution is -2.25. The van der Waals surface area contributed by atoms with E-state index < -0.39 is 0 Å². The molecule has 2 N–H and O–H groups in total. The molecule has 180 valence electrons. The SMILES string of the molecule is CC(C)CNc1cc(-c2cccc3ccccc23)nn2c(-c3ccc(C(=O)NC4CC4)cc3)cnc12. The van der Waals surface area contributed by atoms with E-state index >= 15 is 0 Å². The van der Waals surface area contributed by atoms with E-state index in [1.807, 2.05) is 35.0 Å². The topological polar surface area (TPSA) is 71.3 Å². The van der Waals surface area contributed by atoms with Gasteiger partial charge in [0.25, 0.3) is 5.91 Å². The molecule has 6 nitrogen and oxygen atoms in total. The van der Waals surface area contributed by atoms with Crippen LogP contribution in [0.5, 0.6) is 0 Å². The highest BCUT2D eigenvalue weighted by atomic mass is 16.1. The van der Waals surface area contributed by atoms with E-state index in [9.17, 15) is 4.79 Å².